The first-order chi connectivity index (χ1) is 4.34. The number of nitrogens with two attached hydrogens (primary N) is 1. The summed E-state index contributed by atoms with van der Waals surface area (Å²) < 4.78 is 0. The lowest BCUT2D eigenvalue weighted by atomic mass is 10.4. The number of hydrogen-bond acceptors (Lipinski definition) is 2. The van der Waals surface area contributed by atoms with E-state index in [-0.39, 0.29) is 0 Å². The Hall–Kier alpha value is -0.670. The van der Waals surface area contributed by atoms with Gasteiger partial charge in [-0.2, -0.15) is 0 Å². The van der Waals surface area contributed by atoms with E-state index in [1.165, 1.54) is 0 Å². The molecule has 0 spiro atoms. The van der Waals surface area contributed by atoms with Gasteiger partial charge in [0, 0.05) is 6.54 Å². The third-order valence-corrected chi connectivity index (χ3v) is 1.26. The van der Waals surface area contributed by atoms with Crippen molar-refractivity contribution in [3.05, 3.63) is 19.4 Å². The predicted molar refractivity (Wildman–Crippen MR) is 36.6 cm³/mol. The fraction of sp³-hybridized carbons (Fsp3) is 0.333. The Balaban J connectivity index is 2.44. The molecule has 0 saturated carbocycles. The van der Waals surface area contributed by atoms with Crippen LogP contribution in [0.5, 0.6) is 0 Å². The molecule has 1 aliphatic rings. The minimum absolute atomic E-state index is 0.652. The normalized spacial score (nSPS) is 24.7. The summed E-state index contributed by atoms with van der Waals surface area (Å²) >= 11 is 0. The topological polar surface area (TPSA) is 42.8 Å². The SMILES string of the molecule is [CH2-][NH+]1C=CN=C1CCN. The molecule has 3 nitrogen and oxygen atoms in total. The van der Waals surface area contributed by atoms with Crippen LogP contribution in [0.3, 0.4) is 0 Å². The average Bonchev–Trinajstić information content (AvgIpc) is 2.18. The molecule has 0 aliphatic carbocycles. The highest BCUT2D eigenvalue weighted by Gasteiger charge is 2.06. The number of quaternary nitrogens is 1. The van der Waals surface area contributed by atoms with Gasteiger partial charge in [-0.1, -0.05) is 0 Å². The summed E-state index contributed by atoms with van der Waals surface area (Å²) in [4.78, 5) is 5.06. The average molecular weight is 125 g/mol. The molecule has 1 unspecified atom stereocenters. The van der Waals surface area contributed by atoms with Crippen molar-refractivity contribution in [3.8, 4) is 0 Å². The zero-order chi connectivity index (χ0) is 6.69. The van der Waals surface area contributed by atoms with Crippen LogP contribution in [0.4, 0.5) is 0 Å². The molecule has 9 heavy (non-hydrogen) atoms. The molecule has 0 aromatic rings. The molecule has 1 aliphatic heterocycles. The molecule has 1 rings (SSSR count). The molecule has 1 heterocycles. The molecule has 3 heteroatoms. The van der Waals surface area contributed by atoms with Crippen LogP contribution in [0.1, 0.15) is 6.42 Å². The largest absolute Gasteiger partial charge is 0.394 e. The summed E-state index contributed by atoms with van der Waals surface area (Å²) in [5.74, 6) is 1.03. The number of nitrogens with zero attached hydrogens (tertiary/aromatic N) is 1. The lowest BCUT2D eigenvalue weighted by Gasteiger charge is -2.10. The first-order valence-electron chi connectivity index (χ1n) is 2.97. The minimum atomic E-state index is 0.652. The Bertz CT molecular complexity index is 148. The molecule has 0 radical (unpaired) electrons. The first-order valence-corrected chi connectivity index (χ1v) is 2.97. The van der Waals surface area contributed by atoms with Gasteiger partial charge in [-0.15, -0.1) is 7.05 Å². The van der Waals surface area contributed by atoms with Crippen LogP contribution < -0.4 is 10.6 Å². The summed E-state index contributed by atoms with van der Waals surface area (Å²) in [6, 6.07) is 0. The van der Waals surface area contributed by atoms with E-state index in [9.17, 15) is 0 Å². The van der Waals surface area contributed by atoms with Crippen LogP contribution in [-0.4, -0.2) is 12.4 Å². The standard InChI is InChI=1S/C6H11N3/c1-9-5-4-8-6(9)2-3-7/h4-5,9H,1-3,7H2. The quantitative estimate of drug-likeness (QED) is 0.452. The van der Waals surface area contributed by atoms with E-state index in [0.717, 1.165) is 17.2 Å². The van der Waals surface area contributed by atoms with Crippen molar-refractivity contribution in [2.45, 2.75) is 6.42 Å². The third-order valence-electron chi connectivity index (χ3n) is 1.26. The van der Waals surface area contributed by atoms with Crippen LogP contribution in [0.2, 0.25) is 0 Å². The van der Waals surface area contributed by atoms with Crippen molar-refractivity contribution in [1.29, 1.82) is 0 Å². The molecule has 0 bridgehead atoms. The van der Waals surface area contributed by atoms with Gasteiger partial charge in [0.2, 0.25) is 0 Å². The fourth-order valence-corrected chi connectivity index (χ4v) is 0.758. The highest BCUT2D eigenvalue weighted by Crippen LogP contribution is 1.83. The highest BCUT2D eigenvalue weighted by molar-refractivity contribution is 5.76. The molecule has 1 atom stereocenters. The van der Waals surface area contributed by atoms with Crippen molar-refractivity contribution in [1.82, 2.24) is 0 Å². The number of amidine groups is 1. The molecule has 0 aromatic carbocycles. The van der Waals surface area contributed by atoms with Crippen LogP contribution in [0.25, 0.3) is 0 Å². The van der Waals surface area contributed by atoms with Gasteiger partial charge >= 0.3 is 0 Å². The Kier molecular flexibility index (Phi) is 1.97. The Labute approximate surface area is 54.9 Å². The van der Waals surface area contributed by atoms with Gasteiger partial charge in [-0.25, -0.2) is 4.99 Å². The van der Waals surface area contributed by atoms with Gasteiger partial charge < -0.3 is 10.6 Å². The summed E-state index contributed by atoms with van der Waals surface area (Å²) in [5, 5.41) is 0. The third kappa shape index (κ3) is 1.37. The smallest absolute Gasteiger partial charge is 0.180 e. The second-order valence-electron chi connectivity index (χ2n) is 1.96. The maximum absolute atomic E-state index is 5.32. The van der Waals surface area contributed by atoms with E-state index in [1.54, 1.807) is 6.20 Å². The minimum Gasteiger partial charge on any atom is -0.394 e. The second-order valence-corrected chi connectivity index (χ2v) is 1.96. The van der Waals surface area contributed by atoms with Crippen LogP contribution in [0.15, 0.2) is 17.4 Å². The maximum atomic E-state index is 5.32. The van der Waals surface area contributed by atoms with Crippen molar-refractivity contribution in [2.24, 2.45) is 10.7 Å². The zero-order valence-corrected chi connectivity index (χ0v) is 5.30. The molecule has 0 amide bonds. The Morgan fingerprint density at radius 1 is 1.78 bits per heavy atom. The van der Waals surface area contributed by atoms with Crippen molar-refractivity contribution < 1.29 is 4.90 Å². The summed E-state index contributed by atoms with van der Waals surface area (Å²) in [6.07, 6.45) is 4.49. The van der Waals surface area contributed by atoms with Crippen LogP contribution >= 0.6 is 0 Å². The Morgan fingerprint density at radius 3 is 3.00 bits per heavy atom. The van der Waals surface area contributed by atoms with Crippen molar-refractivity contribution in [2.75, 3.05) is 6.54 Å². The van der Waals surface area contributed by atoms with Gasteiger partial charge in [0.25, 0.3) is 0 Å². The van der Waals surface area contributed by atoms with Gasteiger partial charge in [0.1, 0.15) is 0 Å². The zero-order valence-electron chi connectivity index (χ0n) is 5.30. The summed E-state index contributed by atoms with van der Waals surface area (Å²) in [5.41, 5.74) is 5.32. The monoisotopic (exact) mass is 125 g/mol. The predicted octanol–water partition coefficient (Wildman–Crippen LogP) is -1.11. The van der Waals surface area contributed by atoms with Crippen LogP contribution in [-0.2, 0) is 0 Å². The second kappa shape index (κ2) is 2.75. The van der Waals surface area contributed by atoms with E-state index in [4.69, 9.17) is 5.73 Å². The van der Waals surface area contributed by atoms with Gasteiger partial charge in [-0.05, 0) is 0 Å². The van der Waals surface area contributed by atoms with Gasteiger partial charge in [-0.3, -0.25) is 0 Å². The van der Waals surface area contributed by atoms with Gasteiger partial charge in [0.05, 0.1) is 18.8 Å². The fourth-order valence-electron chi connectivity index (χ4n) is 0.758. The molecular formula is C6H11N3. The summed E-state index contributed by atoms with van der Waals surface area (Å²) in [6.45, 7) is 0.652. The maximum Gasteiger partial charge on any atom is 0.180 e. The van der Waals surface area contributed by atoms with E-state index in [2.05, 4.69) is 12.0 Å². The van der Waals surface area contributed by atoms with E-state index in [0.29, 0.717) is 6.54 Å². The van der Waals surface area contributed by atoms with Gasteiger partial charge in [0.15, 0.2) is 5.84 Å². The molecule has 50 valence electrons. The van der Waals surface area contributed by atoms with E-state index >= 15 is 0 Å². The molecule has 0 fully saturated rings. The first kappa shape index (κ1) is 6.45. The Morgan fingerprint density at radius 2 is 2.56 bits per heavy atom. The lowest BCUT2D eigenvalue weighted by Crippen LogP contribution is -3.04. The van der Waals surface area contributed by atoms with E-state index in [1.807, 2.05) is 6.20 Å². The number of nitrogens with one attached hydrogen (secondary N) is 1. The molecular weight excluding hydrogens is 114 g/mol. The molecule has 3 N–H and O–H groups in total. The van der Waals surface area contributed by atoms with Crippen LogP contribution in [0, 0.1) is 7.05 Å². The lowest BCUT2D eigenvalue weighted by molar-refractivity contribution is -0.689. The molecule has 0 aromatic heterocycles. The van der Waals surface area contributed by atoms with Crippen molar-refractivity contribution in [3.63, 3.8) is 0 Å². The number of aliphatic imine (C=N–C) groups is 1. The van der Waals surface area contributed by atoms with E-state index < -0.39 is 0 Å². The number of hydrogen-bond donors (Lipinski definition) is 2. The highest BCUT2D eigenvalue weighted by atomic mass is 15.2. The summed E-state index contributed by atoms with van der Waals surface area (Å²) in [7, 11) is 3.78. The molecule has 0 saturated heterocycles. The van der Waals surface area contributed by atoms with Crippen molar-refractivity contribution >= 4 is 5.84 Å². The number of rotatable bonds is 2.